The number of fused-ring (bicyclic) bond motifs is 1. The van der Waals surface area contributed by atoms with Crippen LogP contribution in [0.5, 0.6) is 0 Å². The summed E-state index contributed by atoms with van der Waals surface area (Å²) >= 11 is 1.66. The number of anilines is 1. The molecule has 0 fully saturated rings. The van der Waals surface area contributed by atoms with Gasteiger partial charge in [-0.15, -0.1) is 11.3 Å². The van der Waals surface area contributed by atoms with Gasteiger partial charge in [0.2, 0.25) is 0 Å². The first-order valence-electron chi connectivity index (χ1n) is 6.42. The number of thiophene rings is 1. The van der Waals surface area contributed by atoms with Crippen LogP contribution >= 0.6 is 11.3 Å². The van der Waals surface area contributed by atoms with Gasteiger partial charge < -0.3 is 10.8 Å². The molecule has 2 aromatic rings. The summed E-state index contributed by atoms with van der Waals surface area (Å²) < 4.78 is 0. The van der Waals surface area contributed by atoms with E-state index < -0.39 is 0 Å². The Labute approximate surface area is 117 Å². The molecule has 2 heterocycles. The number of aliphatic hydroxyl groups excluding tert-OH is 1. The van der Waals surface area contributed by atoms with Gasteiger partial charge in [0.25, 0.3) is 0 Å². The Morgan fingerprint density at radius 2 is 2.05 bits per heavy atom. The van der Waals surface area contributed by atoms with E-state index in [1.165, 1.54) is 10.4 Å². The molecule has 0 saturated carbocycles. The second-order valence-electron chi connectivity index (χ2n) is 4.58. The summed E-state index contributed by atoms with van der Waals surface area (Å²) in [5.74, 6) is 1.28. The normalized spacial score (nSPS) is 11.6. The number of rotatable bonds is 5. The van der Waals surface area contributed by atoms with Gasteiger partial charge in [-0.25, -0.2) is 9.97 Å². The van der Waals surface area contributed by atoms with Crippen LogP contribution < -0.4 is 5.73 Å². The van der Waals surface area contributed by atoms with Crippen LogP contribution in [0.25, 0.3) is 10.2 Å². The van der Waals surface area contributed by atoms with Gasteiger partial charge in [0.1, 0.15) is 16.5 Å². The van der Waals surface area contributed by atoms with Crippen molar-refractivity contribution < 1.29 is 5.11 Å². The van der Waals surface area contributed by atoms with Gasteiger partial charge >= 0.3 is 0 Å². The molecule has 0 unspecified atom stereocenters. The van der Waals surface area contributed by atoms with Gasteiger partial charge in [0.05, 0.1) is 18.5 Å². The summed E-state index contributed by atoms with van der Waals surface area (Å²) in [6.45, 7) is 8.42. The van der Waals surface area contributed by atoms with Gasteiger partial charge in [0, 0.05) is 11.4 Å². The Morgan fingerprint density at radius 3 is 2.68 bits per heavy atom. The summed E-state index contributed by atoms with van der Waals surface area (Å²) in [6, 6.07) is 0. The van der Waals surface area contributed by atoms with Gasteiger partial charge in [-0.2, -0.15) is 0 Å². The van der Waals surface area contributed by atoms with E-state index >= 15 is 0 Å². The maximum atomic E-state index is 9.01. The molecule has 2 rings (SSSR count). The van der Waals surface area contributed by atoms with E-state index in [0.717, 1.165) is 22.6 Å². The van der Waals surface area contributed by atoms with Crippen molar-refractivity contribution in [3.8, 4) is 0 Å². The SMILES string of the molecule is CCN(CCO)Cc1nc(N)c2c(C)c(C)sc2n1. The lowest BCUT2D eigenvalue weighted by atomic mass is 10.2. The van der Waals surface area contributed by atoms with Crippen molar-refractivity contribution in [1.82, 2.24) is 14.9 Å². The number of hydrogen-bond acceptors (Lipinski definition) is 6. The van der Waals surface area contributed by atoms with Gasteiger partial charge in [-0.1, -0.05) is 6.92 Å². The first kappa shape index (κ1) is 14.2. The summed E-state index contributed by atoms with van der Waals surface area (Å²) in [5.41, 5.74) is 7.22. The third kappa shape index (κ3) is 2.86. The summed E-state index contributed by atoms with van der Waals surface area (Å²) in [4.78, 5) is 13.3. The molecule has 104 valence electrons. The van der Waals surface area contributed by atoms with Crippen molar-refractivity contribution in [3.05, 3.63) is 16.3 Å². The molecule has 0 atom stereocenters. The minimum absolute atomic E-state index is 0.142. The van der Waals surface area contributed by atoms with E-state index in [4.69, 9.17) is 10.8 Å². The first-order chi connectivity index (χ1) is 9.06. The quantitative estimate of drug-likeness (QED) is 0.872. The zero-order valence-corrected chi connectivity index (χ0v) is 12.4. The number of likely N-dealkylation sites (N-methyl/N-ethyl adjacent to an activating group) is 1. The van der Waals surface area contributed by atoms with E-state index in [1.807, 2.05) is 0 Å². The molecule has 0 spiro atoms. The lowest BCUT2D eigenvalue weighted by Gasteiger charge is -2.18. The highest BCUT2D eigenvalue weighted by Crippen LogP contribution is 2.31. The fourth-order valence-corrected chi connectivity index (χ4v) is 3.14. The second kappa shape index (κ2) is 5.81. The average molecular weight is 280 g/mol. The first-order valence-corrected chi connectivity index (χ1v) is 7.23. The van der Waals surface area contributed by atoms with Crippen LogP contribution in [0, 0.1) is 13.8 Å². The molecular formula is C13H20N4OS. The monoisotopic (exact) mass is 280 g/mol. The van der Waals surface area contributed by atoms with Crippen molar-refractivity contribution in [2.45, 2.75) is 27.3 Å². The predicted octanol–water partition coefficient (Wildman–Crippen LogP) is 1.70. The Bertz CT molecular complexity index is 582. The number of nitrogen functional groups attached to an aromatic ring is 1. The fourth-order valence-electron chi connectivity index (χ4n) is 2.09. The molecule has 0 radical (unpaired) electrons. The third-order valence-electron chi connectivity index (χ3n) is 3.33. The van der Waals surface area contributed by atoms with Crippen LogP contribution in [0.15, 0.2) is 0 Å². The molecule has 0 bridgehead atoms. The smallest absolute Gasteiger partial charge is 0.146 e. The Hall–Kier alpha value is -1.24. The molecule has 0 aliphatic heterocycles. The standard InChI is InChI=1S/C13H20N4OS/c1-4-17(5-6-18)7-10-15-12(14)11-8(2)9(3)19-13(11)16-10/h18H,4-7H2,1-3H3,(H2,14,15,16). The molecule has 2 aromatic heterocycles. The van der Waals surface area contributed by atoms with Crippen LogP contribution in [0.4, 0.5) is 5.82 Å². The summed E-state index contributed by atoms with van der Waals surface area (Å²) in [7, 11) is 0. The van der Waals surface area contributed by atoms with Crippen LogP contribution in [-0.4, -0.2) is 39.7 Å². The number of nitrogens with two attached hydrogens (primary N) is 1. The van der Waals surface area contributed by atoms with Crippen LogP contribution in [0.3, 0.4) is 0 Å². The van der Waals surface area contributed by atoms with Crippen LogP contribution in [0.2, 0.25) is 0 Å². The van der Waals surface area contributed by atoms with Crippen molar-refractivity contribution in [3.63, 3.8) is 0 Å². The van der Waals surface area contributed by atoms with Crippen molar-refractivity contribution in [1.29, 1.82) is 0 Å². The number of hydrogen-bond donors (Lipinski definition) is 2. The van der Waals surface area contributed by atoms with Crippen molar-refractivity contribution >= 4 is 27.4 Å². The largest absolute Gasteiger partial charge is 0.395 e. The highest BCUT2D eigenvalue weighted by molar-refractivity contribution is 7.18. The molecule has 0 saturated heterocycles. The summed E-state index contributed by atoms with van der Waals surface area (Å²) in [6.07, 6.45) is 0. The zero-order chi connectivity index (χ0) is 14.0. The molecule has 5 nitrogen and oxygen atoms in total. The van der Waals surface area contributed by atoms with E-state index in [9.17, 15) is 0 Å². The average Bonchev–Trinajstić information content (AvgIpc) is 2.64. The highest BCUT2D eigenvalue weighted by Gasteiger charge is 2.13. The topological polar surface area (TPSA) is 75.3 Å². The number of aliphatic hydroxyl groups is 1. The minimum Gasteiger partial charge on any atom is -0.395 e. The Balaban J connectivity index is 2.35. The molecular weight excluding hydrogens is 260 g/mol. The molecule has 0 aliphatic rings. The van der Waals surface area contributed by atoms with E-state index in [0.29, 0.717) is 18.9 Å². The Morgan fingerprint density at radius 1 is 1.32 bits per heavy atom. The fraction of sp³-hybridized carbons (Fsp3) is 0.538. The van der Waals surface area contributed by atoms with Crippen LogP contribution in [0.1, 0.15) is 23.2 Å². The lowest BCUT2D eigenvalue weighted by molar-refractivity contribution is 0.194. The predicted molar refractivity (Wildman–Crippen MR) is 79.3 cm³/mol. The van der Waals surface area contributed by atoms with Crippen molar-refractivity contribution in [2.75, 3.05) is 25.4 Å². The number of aromatic nitrogens is 2. The Kier molecular flexibility index (Phi) is 4.34. The van der Waals surface area contributed by atoms with Gasteiger partial charge in [-0.05, 0) is 26.0 Å². The van der Waals surface area contributed by atoms with Crippen molar-refractivity contribution in [2.24, 2.45) is 0 Å². The maximum Gasteiger partial charge on any atom is 0.146 e. The molecule has 6 heteroatoms. The minimum atomic E-state index is 0.142. The maximum absolute atomic E-state index is 9.01. The second-order valence-corrected chi connectivity index (χ2v) is 5.78. The molecule has 0 aromatic carbocycles. The molecule has 19 heavy (non-hydrogen) atoms. The molecule has 3 N–H and O–H groups in total. The van der Waals surface area contributed by atoms with Gasteiger partial charge in [0.15, 0.2) is 0 Å². The van der Waals surface area contributed by atoms with E-state index in [1.54, 1.807) is 11.3 Å². The van der Waals surface area contributed by atoms with E-state index in [2.05, 4.69) is 35.6 Å². The zero-order valence-electron chi connectivity index (χ0n) is 11.6. The number of aryl methyl sites for hydroxylation is 2. The summed E-state index contributed by atoms with van der Waals surface area (Å²) in [5, 5.41) is 9.99. The van der Waals surface area contributed by atoms with Crippen LogP contribution in [-0.2, 0) is 6.54 Å². The van der Waals surface area contributed by atoms with E-state index in [-0.39, 0.29) is 6.61 Å². The third-order valence-corrected chi connectivity index (χ3v) is 4.43. The molecule has 0 amide bonds. The number of nitrogens with zero attached hydrogens (tertiary/aromatic N) is 3. The lowest BCUT2D eigenvalue weighted by Crippen LogP contribution is -2.27. The van der Waals surface area contributed by atoms with Gasteiger partial charge in [-0.3, -0.25) is 4.90 Å². The molecule has 0 aliphatic carbocycles. The highest BCUT2D eigenvalue weighted by atomic mass is 32.1.